The lowest BCUT2D eigenvalue weighted by Crippen LogP contribution is -2.52. The van der Waals surface area contributed by atoms with E-state index in [1.807, 2.05) is 0 Å². The van der Waals surface area contributed by atoms with Crippen LogP contribution in [0.5, 0.6) is 5.75 Å². The summed E-state index contributed by atoms with van der Waals surface area (Å²) in [5.74, 6) is -2.25. The number of halogens is 1. The van der Waals surface area contributed by atoms with Crippen LogP contribution in [-0.4, -0.2) is 42.1 Å². The van der Waals surface area contributed by atoms with Crippen LogP contribution >= 0.6 is 0 Å². The Morgan fingerprint density at radius 2 is 2.00 bits per heavy atom. The van der Waals surface area contributed by atoms with Gasteiger partial charge in [0.25, 0.3) is 5.91 Å². The molecule has 1 fully saturated rings. The molecule has 0 bridgehead atoms. The van der Waals surface area contributed by atoms with Crippen LogP contribution in [0.15, 0.2) is 48.5 Å². The van der Waals surface area contributed by atoms with E-state index in [9.17, 15) is 18.8 Å². The summed E-state index contributed by atoms with van der Waals surface area (Å²) < 4.78 is 19.1. The Labute approximate surface area is 160 Å². The second-order valence-electron chi connectivity index (χ2n) is 6.32. The lowest BCUT2D eigenvalue weighted by molar-refractivity contribution is -0.139. The number of carboxylic acids is 1. The maximum absolute atomic E-state index is 14.0. The molecule has 1 heterocycles. The Morgan fingerprint density at radius 3 is 2.75 bits per heavy atom. The minimum Gasteiger partial charge on any atom is -0.482 e. The number of carbonyl (C=O) groups excluding carboxylic acids is 2. The molecule has 2 amide bonds. The summed E-state index contributed by atoms with van der Waals surface area (Å²) in [4.78, 5) is 37.2. The van der Waals surface area contributed by atoms with Gasteiger partial charge in [0.1, 0.15) is 17.6 Å². The van der Waals surface area contributed by atoms with Crippen LogP contribution in [0.3, 0.4) is 0 Å². The summed E-state index contributed by atoms with van der Waals surface area (Å²) in [6.07, 6.45) is 1.07. The number of para-hydroxylation sites is 1. The highest BCUT2D eigenvalue weighted by atomic mass is 19.1. The second-order valence-corrected chi connectivity index (χ2v) is 6.32. The van der Waals surface area contributed by atoms with Crippen LogP contribution in [0.4, 0.5) is 10.1 Å². The molecule has 3 rings (SSSR count). The van der Waals surface area contributed by atoms with Gasteiger partial charge in [-0.25, -0.2) is 9.18 Å². The van der Waals surface area contributed by atoms with Gasteiger partial charge >= 0.3 is 5.97 Å². The fraction of sp³-hybridized carbons (Fsp3) is 0.250. The summed E-state index contributed by atoms with van der Waals surface area (Å²) in [5.41, 5.74) is 0.425. The van der Waals surface area contributed by atoms with Crippen molar-refractivity contribution in [3.63, 3.8) is 0 Å². The number of hydrogen-bond acceptors (Lipinski definition) is 4. The molecule has 2 aromatic rings. The van der Waals surface area contributed by atoms with E-state index in [2.05, 4.69) is 5.32 Å². The maximum Gasteiger partial charge on any atom is 0.341 e. The Bertz CT molecular complexity index is 902. The first-order chi connectivity index (χ1) is 13.5. The summed E-state index contributed by atoms with van der Waals surface area (Å²) in [6.45, 7) is -0.144. The van der Waals surface area contributed by atoms with Crippen LogP contribution in [0.1, 0.15) is 23.2 Å². The van der Waals surface area contributed by atoms with Crippen LogP contribution in [-0.2, 0) is 9.59 Å². The van der Waals surface area contributed by atoms with E-state index in [1.54, 1.807) is 18.2 Å². The van der Waals surface area contributed by atoms with Crippen molar-refractivity contribution in [1.82, 2.24) is 5.32 Å². The number of aliphatic carboxylic acids is 1. The molecule has 1 atom stereocenters. The van der Waals surface area contributed by atoms with Gasteiger partial charge in [-0.15, -0.1) is 0 Å². The normalized spacial score (nSPS) is 16.5. The molecule has 0 spiro atoms. The van der Waals surface area contributed by atoms with Gasteiger partial charge in [0.05, 0.1) is 5.69 Å². The smallest absolute Gasteiger partial charge is 0.341 e. The van der Waals surface area contributed by atoms with E-state index in [0.717, 1.165) is 0 Å². The number of nitrogens with zero attached hydrogens (tertiary/aromatic N) is 1. The van der Waals surface area contributed by atoms with Crippen molar-refractivity contribution in [2.45, 2.75) is 18.9 Å². The first-order valence-corrected chi connectivity index (χ1v) is 8.77. The molecule has 8 heteroatoms. The van der Waals surface area contributed by atoms with Crippen LogP contribution in [0, 0.1) is 5.82 Å². The number of carboxylic acid groups (broad SMARTS) is 1. The standard InChI is InChI=1S/C20H19FN2O5/c21-15-7-1-2-9-17(15)23-10-4-8-16(20(23)27)22-19(26)13-5-3-6-14(11-13)28-12-18(24)25/h1-3,5-7,9,11,16H,4,8,10,12H2,(H,22,26)(H,24,25). The molecule has 0 aromatic heterocycles. The summed E-state index contributed by atoms with van der Waals surface area (Å²) in [6, 6.07) is 11.3. The number of benzene rings is 2. The molecule has 7 nitrogen and oxygen atoms in total. The van der Waals surface area contributed by atoms with Crippen molar-refractivity contribution in [3.05, 3.63) is 59.9 Å². The Balaban J connectivity index is 1.70. The first kappa shape index (κ1) is 19.3. The number of carbonyl (C=O) groups is 3. The van der Waals surface area contributed by atoms with Crippen LogP contribution < -0.4 is 15.0 Å². The Hall–Kier alpha value is -3.42. The van der Waals surface area contributed by atoms with Crippen LogP contribution in [0.25, 0.3) is 0 Å². The van der Waals surface area contributed by atoms with Crippen LogP contribution in [0.2, 0.25) is 0 Å². The zero-order chi connectivity index (χ0) is 20.1. The topological polar surface area (TPSA) is 95.9 Å². The molecule has 2 N–H and O–H groups in total. The van der Waals surface area contributed by atoms with Gasteiger partial charge in [0, 0.05) is 12.1 Å². The molecule has 28 heavy (non-hydrogen) atoms. The molecule has 1 unspecified atom stereocenters. The monoisotopic (exact) mass is 386 g/mol. The number of ether oxygens (including phenoxy) is 1. The second kappa shape index (κ2) is 8.51. The average Bonchev–Trinajstić information content (AvgIpc) is 2.69. The van der Waals surface area contributed by atoms with Crippen molar-refractivity contribution < 1.29 is 28.6 Å². The fourth-order valence-electron chi connectivity index (χ4n) is 3.03. The summed E-state index contributed by atoms with van der Waals surface area (Å²) in [5, 5.41) is 11.3. The van der Waals surface area contributed by atoms with E-state index in [1.165, 1.54) is 35.2 Å². The third-order valence-corrected chi connectivity index (χ3v) is 4.35. The molecule has 2 aromatic carbocycles. The maximum atomic E-state index is 14.0. The number of nitrogens with one attached hydrogen (secondary N) is 1. The van der Waals surface area contributed by atoms with Gasteiger partial charge in [-0.1, -0.05) is 18.2 Å². The Kier molecular flexibility index (Phi) is 5.88. The van der Waals surface area contributed by atoms with Gasteiger partial charge in [-0.3, -0.25) is 9.59 Å². The molecule has 0 saturated carbocycles. The van der Waals surface area contributed by atoms with E-state index >= 15 is 0 Å². The highest BCUT2D eigenvalue weighted by Gasteiger charge is 2.32. The highest BCUT2D eigenvalue weighted by molar-refractivity contribution is 6.03. The number of anilines is 1. The highest BCUT2D eigenvalue weighted by Crippen LogP contribution is 2.24. The van der Waals surface area contributed by atoms with Gasteiger partial charge in [0.2, 0.25) is 5.91 Å². The van der Waals surface area contributed by atoms with Gasteiger partial charge in [-0.05, 0) is 43.2 Å². The molecule has 1 aliphatic rings. The first-order valence-electron chi connectivity index (χ1n) is 8.77. The number of hydrogen-bond donors (Lipinski definition) is 2. The molecule has 146 valence electrons. The molecule has 1 aliphatic heterocycles. The predicted molar refractivity (Wildman–Crippen MR) is 98.8 cm³/mol. The van der Waals surface area contributed by atoms with Crippen molar-refractivity contribution in [1.29, 1.82) is 0 Å². The van der Waals surface area contributed by atoms with Crippen molar-refractivity contribution in [2.24, 2.45) is 0 Å². The van der Waals surface area contributed by atoms with E-state index < -0.39 is 30.3 Å². The molecular formula is C20H19FN2O5. The fourth-order valence-corrected chi connectivity index (χ4v) is 3.03. The number of amides is 2. The average molecular weight is 386 g/mol. The summed E-state index contributed by atoms with van der Waals surface area (Å²) >= 11 is 0. The molecular weight excluding hydrogens is 367 g/mol. The number of rotatable bonds is 6. The third kappa shape index (κ3) is 4.46. The van der Waals surface area contributed by atoms with Gasteiger partial charge in [-0.2, -0.15) is 0 Å². The minimum absolute atomic E-state index is 0.190. The van der Waals surface area contributed by atoms with Gasteiger partial charge in [0.15, 0.2) is 6.61 Å². The zero-order valence-corrected chi connectivity index (χ0v) is 14.9. The molecule has 1 saturated heterocycles. The zero-order valence-electron chi connectivity index (χ0n) is 14.9. The minimum atomic E-state index is -1.13. The quantitative estimate of drug-likeness (QED) is 0.794. The number of piperidine rings is 1. The van der Waals surface area contributed by atoms with Crippen molar-refractivity contribution in [3.8, 4) is 5.75 Å². The van der Waals surface area contributed by atoms with E-state index in [4.69, 9.17) is 9.84 Å². The third-order valence-electron chi connectivity index (χ3n) is 4.35. The molecule has 0 aliphatic carbocycles. The van der Waals surface area contributed by atoms with Gasteiger partial charge < -0.3 is 20.1 Å². The molecule has 0 radical (unpaired) electrons. The lowest BCUT2D eigenvalue weighted by Gasteiger charge is -2.32. The van der Waals surface area contributed by atoms with Crippen molar-refractivity contribution in [2.75, 3.05) is 18.1 Å². The largest absolute Gasteiger partial charge is 0.482 e. The summed E-state index contributed by atoms with van der Waals surface area (Å²) in [7, 11) is 0. The van der Waals surface area contributed by atoms with E-state index in [0.29, 0.717) is 19.4 Å². The van der Waals surface area contributed by atoms with Crippen molar-refractivity contribution >= 4 is 23.5 Å². The lowest BCUT2D eigenvalue weighted by atomic mass is 10.0. The Morgan fingerprint density at radius 1 is 1.21 bits per heavy atom. The predicted octanol–water partition coefficient (Wildman–Crippen LogP) is 2.21. The van der Waals surface area contributed by atoms with E-state index in [-0.39, 0.29) is 22.9 Å². The SMILES string of the molecule is O=C(O)COc1cccc(C(=O)NC2CCCN(c3ccccc3F)C2=O)c1.